The molecule has 0 heterocycles. The topological polar surface area (TPSA) is 203 Å². The Morgan fingerprint density at radius 1 is 0.622 bits per heavy atom. The van der Waals surface area contributed by atoms with Crippen LogP contribution in [-0.4, -0.2) is 49.4 Å². The summed E-state index contributed by atoms with van der Waals surface area (Å²) in [4.78, 5) is 80.3. The van der Waals surface area contributed by atoms with Crippen molar-refractivity contribution in [2.24, 2.45) is 15.0 Å². The van der Waals surface area contributed by atoms with Gasteiger partial charge in [0, 0.05) is 17.1 Å². The van der Waals surface area contributed by atoms with Crippen molar-refractivity contribution < 1.29 is 43.0 Å². The minimum atomic E-state index is -1.55. The molecule has 230 valence electrons. The number of nitrogens with one attached hydrogen (secondary N) is 3. The van der Waals surface area contributed by atoms with E-state index in [4.69, 9.17) is 14.2 Å². The summed E-state index contributed by atoms with van der Waals surface area (Å²) in [6.45, 7) is 4.76. The Morgan fingerprint density at radius 2 is 0.978 bits per heavy atom. The lowest BCUT2D eigenvalue weighted by Crippen LogP contribution is -2.30. The maximum Gasteiger partial charge on any atom is 0.414 e. The molecule has 45 heavy (non-hydrogen) atoms. The first-order valence-corrected chi connectivity index (χ1v) is 13.1. The number of rotatable bonds is 11. The van der Waals surface area contributed by atoms with Gasteiger partial charge in [-0.05, 0) is 73.9 Å². The van der Waals surface area contributed by atoms with E-state index in [1.54, 1.807) is 45.0 Å². The molecule has 0 aliphatic heterocycles. The molecule has 3 amide bonds. The summed E-state index contributed by atoms with van der Waals surface area (Å²) in [6.07, 6.45) is -0.523. The van der Waals surface area contributed by atoms with E-state index in [-0.39, 0.29) is 41.5 Å². The molecule has 0 radical (unpaired) electrons. The number of amides is 3. The van der Waals surface area contributed by atoms with E-state index in [1.165, 1.54) is 48.6 Å². The van der Waals surface area contributed by atoms with Crippen LogP contribution in [0.1, 0.15) is 23.1 Å². The van der Waals surface area contributed by atoms with E-state index in [1.807, 2.05) is 0 Å². The van der Waals surface area contributed by atoms with Crippen LogP contribution in [-0.2, 0) is 28.6 Å². The molecule has 15 nitrogen and oxygen atoms in total. The van der Waals surface area contributed by atoms with E-state index >= 15 is 0 Å². The van der Waals surface area contributed by atoms with Crippen molar-refractivity contribution in [3.8, 4) is 0 Å². The molecule has 0 spiro atoms. The molecule has 3 aromatic rings. The zero-order valence-corrected chi connectivity index (χ0v) is 24.2. The van der Waals surface area contributed by atoms with Crippen molar-refractivity contribution in [2.45, 2.75) is 33.5 Å². The second-order valence-electron chi connectivity index (χ2n) is 9.15. The number of anilines is 3. The van der Waals surface area contributed by atoms with Crippen molar-refractivity contribution in [1.29, 1.82) is 0 Å². The highest BCUT2D eigenvalue weighted by molar-refractivity contribution is 5.88. The smallest absolute Gasteiger partial charge is 0.414 e. The number of hydrogen-bond donors (Lipinski definition) is 3. The minimum Gasteiger partial charge on any atom is -0.449 e. The maximum absolute atomic E-state index is 12.7. The van der Waals surface area contributed by atoms with E-state index in [2.05, 4.69) is 30.9 Å². The van der Waals surface area contributed by atoms with Gasteiger partial charge in [0.2, 0.25) is 18.2 Å². The van der Waals surface area contributed by atoms with Gasteiger partial charge in [0.15, 0.2) is 0 Å². The fourth-order valence-corrected chi connectivity index (χ4v) is 3.65. The summed E-state index contributed by atoms with van der Waals surface area (Å²) >= 11 is 0. The predicted octanol–water partition coefficient (Wildman–Crippen LogP) is 6.28. The van der Waals surface area contributed by atoms with Crippen LogP contribution in [0.2, 0.25) is 0 Å². The van der Waals surface area contributed by atoms with Crippen molar-refractivity contribution in [3.05, 3.63) is 71.3 Å². The van der Waals surface area contributed by atoms with Gasteiger partial charge in [-0.1, -0.05) is 18.2 Å². The first-order chi connectivity index (χ1) is 21.6. The number of carbonyl (C=O) groups excluding carboxylic acids is 6. The summed E-state index contributed by atoms with van der Waals surface area (Å²) in [5, 5.41) is 7.33. The molecule has 3 aromatic carbocycles. The molecule has 0 bridgehead atoms. The quantitative estimate of drug-likeness (QED) is 0.126. The Hall–Kier alpha value is -6.39. The second-order valence-corrected chi connectivity index (χ2v) is 9.15. The fourth-order valence-electron chi connectivity index (χ4n) is 3.65. The maximum atomic E-state index is 12.7. The van der Waals surface area contributed by atoms with Crippen molar-refractivity contribution >= 4 is 70.6 Å². The van der Waals surface area contributed by atoms with Crippen LogP contribution < -0.4 is 16.0 Å². The Labute approximate surface area is 256 Å². The van der Waals surface area contributed by atoms with Crippen LogP contribution in [0.3, 0.4) is 0 Å². The van der Waals surface area contributed by atoms with Gasteiger partial charge in [0.25, 0.3) is 6.29 Å². The van der Waals surface area contributed by atoms with Crippen LogP contribution >= 0.6 is 0 Å². The SMILES string of the molecule is Cc1ccc(NC(=O)OCCC(OC(=O)Nc2ccc(C)c(N=C=O)c2)OC(=O)Nc2ccc(C)c(N=C=O)c2)cc1N=C=O. The molecule has 0 unspecified atom stereocenters. The van der Waals surface area contributed by atoms with Crippen LogP contribution in [0.4, 0.5) is 48.5 Å². The predicted molar refractivity (Wildman–Crippen MR) is 160 cm³/mol. The second kappa shape index (κ2) is 16.3. The molecular formula is C30H26N6O9. The Bertz CT molecular complexity index is 1660. The largest absolute Gasteiger partial charge is 0.449 e. The average molecular weight is 615 g/mol. The molecule has 0 fully saturated rings. The number of aryl methyl sites for hydroxylation is 3. The molecule has 0 aliphatic rings. The Balaban J connectivity index is 1.68. The van der Waals surface area contributed by atoms with Crippen molar-refractivity contribution in [2.75, 3.05) is 22.6 Å². The van der Waals surface area contributed by atoms with Gasteiger partial charge in [0.1, 0.15) is 6.61 Å². The third kappa shape index (κ3) is 10.4. The number of benzene rings is 3. The fraction of sp³-hybridized carbons (Fsp3) is 0.200. The van der Waals surface area contributed by atoms with Gasteiger partial charge in [0.05, 0.1) is 23.5 Å². The monoisotopic (exact) mass is 614 g/mol. The van der Waals surface area contributed by atoms with Crippen molar-refractivity contribution in [3.63, 3.8) is 0 Å². The molecule has 3 rings (SSSR count). The summed E-state index contributed by atoms with van der Waals surface area (Å²) < 4.78 is 15.7. The van der Waals surface area contributed by atoms with Gasteiger partial charge in [-0.2, -0.15) is 15.0 Å². The zero-order chi connectivity index (χ0) is 32.8. The van der Waals surface area contributed by atoms with Gasteiger partial charge >= 0.3 is 18.3 Å². The normalized spacial score (nSPS) is 10.5. The lowest BCUT2D eigenvalue weighted by atomic mass is 10.2. The lowest BCUT2D eigenvalue weighted by Gasteiger charge is -2.19. The standard InChI is InChI=1S/C30H26N6O9/c1-18-4-7-21(12-24(18)31-15-37)34-28(40)43-11-10-27(44-29(41)35-22-8-5-19(2)25(13-22)32-16-38)45-30(42)36-23-9-6-20(3)26(14-23)33-17-39/h4-9,12-14,27H,10-11H2,1-3H3,(H,34,40)(H,35,41)(H,36,42). The number of nitrogens with zero attached hydrogens (tertiary/aromatic N) is 3. The van der Waals surface area contributed by atoms with Gasteiger partial charge in [-0.3, -0.25) is 16.0 Å². The van der Waals surface area contributed by atoms with E-state index in [0.29, 0.717) is 22.4 Å². The van der Waals surface area contributed by atoms with Crippen molar-refractivity contribution in [1.82, 2.24) is 0 Å². The molecule has 0 aliphatic carbocycles. The summed E-state index contributed by atoms with van der Waals surface area (Å²) in [7, 11) is 0. The first kappa shape index (κ1) is 33.1. The molecule has 3 N–H and O–H groups in total. The summed E-state index contributed by atoms with van der Waals surface area (Å²) in [5.41, 5.74) is 3.56. The third-order valence-electron chi connectivity index (χ3n) is 5.93. The van der Waals surface area contributed by atoms with E-state index in [0.717, 1.165) is 0 Å². The molecular weight excluding hydrogens is 588 g/mol. The van der Waals surface area contributed by atoms with Crippen LogP contribution in [0.25, 0.3) is 0 Å². The highest BCUT2D eigenvalue weighted by Crippen LogP contribution is 2.25. The molecule has 0 saturated carbocycles. The van der Waals surface area contributed by atoms with Crippen LogP contribution in [0, 0.1) is 20.8 Å². The van der Waals surface area contributed by atoms with E-state index < -0.39 is 24.6 Å². The summed E-state index contributed by atoms with van der Waals surface area (Å²) in [5.74, 6) is 0. The zero-order valence-electron chi connectivity index (χ0n) is 24.2. The minimum absolute atomic E-state index is 0.220. The van der Waals surface area contributed by atoms with Gasteiger partial charge in [-0.15, -0.1) is 0 Å². The number of isocyanates is 3. The number of aliphatic imine (C=N–C) groups is 3. The molecule has 0 atom stereocenters. The number of hydrogen-bond acceptors (Lipinski definition) is 12. The molecule has 0 saturated heterocycles. The first-order valence-electron chi connectivity index (χ1n) is 13.1. The number of ether oxygens (including phenoxy) is 3. The lowest BCUT2D eigenvalue weighted by molar-refractivity contribution is -0.0634. The van der Waals surface area contributed by atoms with Crippen LogP contribution in [0.5, 0.6) is 0 Å². The highest BCUT2D eigenvalue weighted by atomic mass is 16.7. The third-order valence-corrected chi connectivity index (χ3v) is 5.93. The Morgan fingerprint density at radius 3 is 1.33 bits per heavy atom. The van der Waals surface area contributed by atoms with Gasteiger partial charge in [-0.25, -0.2) is 28.8 Å². The molecule has 0 aromatic heterocycles. The molecule has 15 heteroatoms. The van der Waals surface area contributed by atoms with Crippen LogP contribution in [0.15, 0.2) is 69.6 Å². The highest BCUT2D eigenvalue weighted by Gasteiger charge is 2.21. The summed E-state index contributed by atoms with van der Waals surface area (Å²) in [6, 6.07) is 13.7. The van der Waals surface area contributed by atoms with Gasteiger partial charge < -0.3 is 14.2 Å². The average Bonchev–Trinajstić information content (AvgIpc) is 2.98. The Kier molecular flexibility index (Phi) is 12.0. The van der Waals surface area contributed by atoms with E-state index in [9.17, 15) is 28.8 Å². The number of carbonyl (C=O) groups is 3.